The number of aliphatic hydroxyl groups is 1. The van der Waals surface area contributed by atoms with Gasteiger partial charge in [0.2, 0.25) is 0 Å². The van der Waals surface area contributed by atoms with Crippen molar-refractivity contribution in [2.45, 2.75) is 51.2 Å². The van der Waals surface area contributed by atoms with Gasteiger partial charge in [-0.3, -0.25) is 0 Å². The summed E-state index contributed by atoms with van der Waals surface area (Å²) in [5, 5.41) is 9.67. The second-order valence-corrected chi connectivity index (χ2v) is 5.70. The normalized spacial score (nSPS) is 22.1. The molecule has 0 amide bonds. The lowest BCUT2D eigenvalue weighted by atomic mass is 9.92. The number of imidazole rings is 1. The van der Waals surface area contributed by atoms with E-state index in [4.69, 9.17) is 4.98 Å². The van der Waals surface area contributed by atoms with Crippen LogP contribution in [0.15, 0.2) is 0 Å². The highest BCUT2D eigenvalue weighted by Crippen LogP contribution is 2.31. The van der Waals surface area contributed by atoms with Crippen LogP contribution in [0.5, 0.6) is 0 Å². The number of nitrogens with zero attached hydrogens (tertiary/aromatic N) is 3. The first-order valence-electron chi connectivity index (χ1n) is 7.17. The number of rotatable bonds is 2. The molecule has 0 aliphatic carbocycles. The molecule has 0 unspecified atom stereocenters. The van der Waals surface area contributed by atoms with Crippen molar-refractivity contribution in [1.29, 1.82) is 0 Å². The highest BCUT2D eigenvalue weighted by atomic mass is 16.3. The molecule has 100 valence electrons. The Bertz CT molecular complexity index is 419. The number of hydrogen-bond donors (Lipinski definition) is 1. The predicted molar refractivity (Wildman–Crippen MR) is 70.6 cm³/mol. The molecule has 0 saturated carbocycles. The van der Waals surface area contributed by atoms with Gasteiger partial charge in [0.25, 0.3) is 0 Å². The first kappa shape index (κ1) is 12.2. The van der Waals surface area contributed by atoms with Crippen LogP contribution in [0.25, 0.3) is 0 Å². The smallest absolute Gasteiger partial charge is 0.109 e. The van der Waals surface area contributed by atoms with Crippen LogP contribution in [0.3, 0.4) is 0 Å². The third-order valence-corrected chi connectivity index (χ3v) is 4.47. The van der Waals surface area contributed by atoms with E-state index in [2.05, 4.69) is 16.5 Å². The quantitative estimate of drug-likeness (QED) is 0.864. The highest BCUT2D eigenvalue weighted by molar-refractivity contribution is 5.22. The van der Waals surface area contributed by atoms with Gasteiger partial charge in [0.05, 0.1) is 18.0 Å². The van der Waals surface area contributed by atoms with E-state index in [1.54, 1.807) is 0 Å². The van der Waals surface area contributed by atoms with Gasteiger partial charge in [-0.05, 0) is 45.8 Å². The summed E-state index contributed by atoms with van der Waals surface area (Å²) in [5.74, 6) is 1.76. The van der Waals surface area contributed by atoms with E-state index in [9.17, 15) is 5.11 Å². The first-order valence-corrected chi connectivity index (χ1v) is 7.17. The second-order valence-electron chi connectivity index (χ2n) is 5.70. The lowest BCUT2D eigenvalue weighted by Crippen LogP contribution is -2.29. The molecule has 1 fully saturated rings. The highest BCUT2D eigenvalue weighted by Gasteiger charge is 2.27. The number of likely N-dealkylation sites (tertiary alicyclic amines) is 1. The van der Waals surface area contributed by atoms with E-state index >= 15 is 0 Å². The van der Waals surface area contributed by atoms with Crippen molar-refractivity contribution in [3.05, 3.63) is 17.2 Å². The van der Waals surface area contributed by atoms with Gasteiger partial charge in [-0.15, -0.1) is 0 Å². The second kappa shape index (κ2) is 5.02. The molecule has 2 aliphatic heterocycles. The van der Waals surface area contributed by atoms with Crippen molar-refractivity contribution in [3.63, 3.8) is 0 Å². The van der Waals surface area contributed by atoms with Gasteiger partial charge in [0.1, 0.15) is 5.82 Å². The van der Waals surface area contributed by atoms with E-state index < -0.39 is 0 Å². The Balaban J connectivity index is 1.89. The summed E-state index contributed by atoms with van der Waals surface area (Å²) in [4.78, 5) is 7.23. The van der Waals surface area contributed by atoms with Gasteiger partial charge in [-0.2, -0.15) is 0 Å². The maximum atomic E-state index is 9.67. The molecule has 1 saturated heterocycles. The number of aromatic nitrogens is 2. The van der Waals surface area contributed by atoms with E-state index in [1.807, 2.05) is 0 Å². The molecule has 0 bridgehead atoms. The molecular formula is C14H23N3O. The topological polar surface area (TPSA) is 41.3 Å². The minimum atomic E-state index is 0.147. The first-order chi connectivity index (χ1) is 8.79. The lowest BCUT2D eigenvalue weighted by Gasteiger charge is -2.28. The number of hydrogen-bond acceptors (Lipinski definition) is 3. The van der Waals surface area contributed by atoms with Gasteiger partial charge in [0.15, 0.2) is 0 Å². The minimum Gasteiger partial charge on any atom is -0.390 e. The number of aliphatic hydroxyl groups excluding tert-OH is 1. The fraction of sp³-hybridized carbons (Fsp3) is 0.786. The third kappa shape index (κ3) is 2.08. The summed E-state index contributed by atoms with van der Waals surface area (Å²) in [6.45, 7) is 3.50. The van der Waals surface area contributed by atoms with Crippen LogP contribution in [-0.2, 0) is 19.6 Å². The molecule has 4 heteroatoms. The van der Waals surface area contributed by atoms with Gasteiger partial charge < -0.3 is 14.6 Å². The summed E-state index contributed by atoms with van der Waals surface area (Å²) < 4.78 is 2.27. The Morgan fingerprint density at radius 3 is 2.72 bits per heavy atom. The summed E-state index contributed by atoms with van der Waals surface area (Å²) in [6.07, 6.45) is 5.91. The van der Waals surface area contributed by atoms with Crippen molar-refractivity contribution in [1.82, 2.24) is 14.5 Å². The number of fused-ring (bicyclic) bond motifs is 1. The Morgan fingerprint density at radius 2 is 2.00 bits per heavy atom. The molecule has 4 nitrogen and oxygen atoms in total. The standard InChI is InChI=1S/C14H23N3O/c1-16-8-5-11(6-9-16)14-12(10-18)17-7-3-2-4-13(17)15-14/h11,18H,2-10H2,1H3. The minimum absolute atomic E-state index is 0.147. The molecule has 3 rings (SSSR count). The largest absolute Gasteiger partial charge is 0.390 e. The van der Waals surface area contributed by atoms with Crippen LogP contribution in [0.1, 0.15) is 48.8 Å². The molecule has 0 aromatic carbocycles. The van der Waals surface area contributed by atoms with Crippen LogP contribution in [-0.4, -0.2) is 39.7 Å². The Labute approximate surface area is 109 Å². The zero-order valence-electron chi connectivity index (χ0n) is 11.2. The zero-order valence-corrected chi connectivity index (χ0v) is 11.2. The van der Waals surface area contributed by atoms with Gasteiger partial charge in [0, 0.05) is 18.9 Å². The summed E-state index contributed by atoms with van der Waals surface area (Å²) in [7, 11) is 2.18. The van der Waals surface area contributed by atoms with Crippen molar-refractivity contribution in [3.8, 4) is 0 Å². The summed E-state index contributed by atoms with van der Waals surface area (Å²) in [6, 6.07) is 0. The van der Waals surface area contributed by atoms with E-state index in [-0.39, 0.29) is 6.61 Å². The fourth-order valence-corrected chi connectivity index (χ4v) is 3.34. The molecule has 2 aliphatic rings. The van der Waals surface area contributed by atoms with Gasteiger partial charge >= 0.3 is 0 Å². The zero-order chi connectivity index (χ0) is 12.5. The van der Waals surface area contributed by atoms with Crippen molar-refractivity contribution in [2.24, 2.45) is 0 Å². The molecule has 1 aromatic rings. The SMILES string of the molecule is CN1CCC(c2nc3n(c2CO)CCCC3)CC1. The van der Waals surface area contributed by atoms with Crippen LogP contribution in [0, 0.1) is 0 Å². The van der Waals surface area contributed by atoms with Crippen LogP contribution >= 0.6 is 0 Å². The molecule has 0 spiro atoms. The van der Waals surface area contributed by atoms with Gasteiger partial charge in [-0.25, -0.2) is 4.98 Å². The number of aryl methyl sites for hydroxylation is 1. The molecule has 0 atom stereocenters. The van der Waals surface area contributed by atoms with Crippen molar-refractivity contribution >= 4 is 0 Å². The Kier molecular flexibility index (Phi) is 3.39. The average molecular weight is 249 g/mol. The summed E-state index contributed by atoms with van der Waals surface area (Å²) in [5.41, 5.74) is 2.29. The summed E-state index contributed by atoms with van der Waals surface area (Å²) >= 11 is 0. The number of piperidine rings is 1. The Hall–Kier alpha value is -0.870. The molecule has 1 N–H and O–H groups in total. The third-order valence-electron chi connectivity index (χ3n) is 4.47. The van der Waals surface area contributed by atoms with Crippen LogP contribution < -0.4 is 0 Å². The van der Waals surface area contributed by atoms with Crippen LogP contribution in [0.4, 0.5) is 0 Å². The van der Waals surface area contributed by atoms with Crippen molar-refractivity contribution < 1.29 is 5.11 Å². The molecular weight excluding hydrogens is 226 g/mol. The maximum Gasteiger partial charge on any atom is 0.109 e. The van der Waals surface area contributed by atoms with E-state index in [0.29, 0.717) is 5.92 Å². The lowest BCUT2D eigenvalue weighted by molar-refractivity contribution is 0.244. The van der Waals surface area contributed by atoms with E-state index in [0.717, 1.165) is 31.7 Å². The predicted octanol–water partition coefficient (Wildman–Crippen LogP) is 1.52. The average Bonchev–Trinajstić information content (AvgIpc) is 2.78. The fourth-order valence-electron chi connectivity index (χ4n) is 3.34. The Morgan fingerprint density at radius 1 is 1.22 bits per heavy atom. The van der Waals surface area contributed by atoms with E-state index in [1.165, 1.54) is 37.2 Å². The van der Waals surface area contributed by atoms with Crippen molar-refractivity contribution in [2.75, 3.05) is 20.1 Å². The monoisotopic (exact) mass is 249 g/mol. The maximum absolute atomic E-state index is 9.67. The molecule has 0 radical (unpaired) electrons. The molecule has 18 heavy (non-hydrogen) atoms. The molecule has 3 heterocycles. The molecule has 1 aromatic heterocycles. The van der Waals surface area contributed by atoms with Gasteiger partial charge in [-0.1, -0.05) is 0 Å². The van der Waals surface area contributed by atoms with Crippen LogP contribution in [0.2, 0.25) is 0 Å².